The van der Waals surface area contributed by atoms with Crippen molar-refractivity contribution >= 4 is 5.91 Å². The Morgan fingerprint density at radius 1 is 1.12 bits per heavy atom. The number of carbonyl (C=O) groups excluding carboxylic acids is 1. The molecule has 1 aromatic rings. The number of para-hydroxylation sites is 1. The van der Waals surface area contributed by atoms with E-state index in [0.717, 1.165) is 24.6 Å². The molecule has 0 spiro atoms. The van der Waals surface area contributed by atoms with Crippen molar-refractivity contribution in [2.75, 3.05) is 19.6 Å². The molecule has 2 heterocycles. The second-order valence-electron chi connectivity index (χ2n) is 7.93. The maximum absolute atomic E-state index is 12.4. The molecule has 2 fully saturated rings. The summed E-state index contributed by atoms with van der Waals surface area (Å²) in [6.07, 6.45) is 10.4. The fraction of sp³-hybridized carbons (Fsp3) is 0.667. The van der Waals surface area contributed by atoms with E-state index in [4.69, 9.17) is 4.74 Å². The van der Waals surface area contributed by atoms with Gasteiger partial charge in [-0.15, -0.1) is 0 Å². The average Bonchev–Trinajstić information content (AvgIpc) is 3.27. The third-order valence-electron chi connectivity index (χ3n) is 6.20. The average molecular weight is 342 g/mol. The van der Waals surface area contributed by atoms with Gasteiger partial charge in [-0.3, -0.25) is 9.69 Å². The summed E-state index contributed by atoms with van der Waals surface area (Å²) in [5.74, 6) is 1.94. The quantitative estimate of drug-likeness (QED) is 0.894. The molecule has 2 atom stereocenters. The Morgan fingerprint density at radius 2 is 1.96 bits per heavy atom. The van der Waals surface area contributed by atoms with Crippen molar-refractivity contribution in [3.05, 3.63) is 29.8 Å². The van der Waals surface area contributed by atoms with Gasteiger partial charge in [0.25, 0.3) is 0 Å². The van der Waals surface area contributed by atoms with Crippen LogP contribution in [0.25, 0.3) is 0 Å². The molecule has 25 heavy (non-hydrogen) atoms. The molecule has 1 saturated heterocycles. The van der Waals surface area contributed by atoms with Gasteiger partial charge >= 0.3 is 0 Å². The highest BCUT2D eigenvalue weighted by Gasteiger charge is 2.33. The molecule has 1 saturated carbocycles. The van der Waals surface area contributed by atoms with Crippen molar-refractivity contribution in [2.24, 2.45) is 5.92 Å². The second-order valence-corrected chi connectivity index (χ2v) is 7.93. The normalized spacial score (nSPS) is 27.0. The Bertz CT molecular complexity index is 572. The van der Waals surface area contributed by atoms with E-state index in [1.54, 1.807) is 0 Å². The summed E-state index contributed by atoms with van der Waals surface area (Å²) in [5, 5.41) is 3.10. The Labute approximate surface area is 150 Å². The molecule has 0 aromatic heterocycles. The molecule has 4 heteroatoms. The summed E-state index contributed by atoms with van der Waals surface area (Å²) < 4.78 is 5.92. The van der Waals surface area contributed by atoms with Gasteiger partial charge in [-0.2, -0.15) is 0 Å². The van der Waals surface area contributed by atoms with Crippen LogP contribution in [0.5, 0.6) is 5.75 Å². The number of fused-ring (bicyclic) bond motifs is 1. The highest BCUT2D eigenvalue weighted by Crippen LogP contribution is 2.34. The predicted molar refractivity (Wildman–Crippen MR) is 98.7 cm³/mol. The fourth-order valence-corrected chi connectivity index (χ4v) is 4.94. The van der Waals surface area contributed by atoms with Crippen LogP contribution < -0.4 is 10.1 Å². The zero-order valence-corrected chi connectivity index (χ0v) is 15.1. The number of nitrogens with zero attached hydrogens (tertiary/aromatic N) is 1. The first-order valence-electron chi connectivity index (χ1n) is 10.0. The van der Waals surface area contributed by atoms with Crippen molar-refractivity contribution in [2.45, 2.75) is 63.5 Å². The van der Waals surface area contributed by atoms with Gasteiger partial charge in [0.05, 0.1) is 13.1 Å². The Morgan fingerprint density at radius 3 is 2.80 bits per heavy atom. The number of amides is 1. The molecule has 1 N–H and O–H groups in total. The van der Waals surface area contributed by atoms with Crippen LogP contribution in [0.15, 0.2) is 24.3 Å². The molecular weight excluding hydrogens is 312 g/mol. The van der Waals surface area contributed by atoms with E-state index >= 15 is 0 Å². The van der Waals surface area contributed by atoms with Crippen LogP contribution in [0.2, 0.25) is 0 Å². The van der Waals surface area contributed by atoms with Crippen molar-refractivity contribution in [1.29, 1.82) is 0 Å². The molecule has 1 aromatic carbocycles. The number of hydrogen-bond donors (Lipinski definition) is 1. The number of nitrogens with one attached hydrogen (secondary N) is 1. The van der Waals surface area contributed by atoms with Crippen molar-refractivity contribution in [3.8, 4) is 5.75 Å². The van der Waals surface area contributed by atoms with Gasteiger partial charge in [0.1, 0.15) is 11.9 Å². The van der Waals surface area contributed by atoms with Gasteiger partial charge in [0, 0.05) is 12.5 Å². The van der Waals surface area contributed by atoms with E-state index in [9.17, 15) is 4.79 Å². The zero-order chi connectivity index (χ0) is 17.1. The van der Waals surface area contributed by atoms with Crippen LogP contribution in [0, 0.1) is 5.92 Å². The van der Waals surface area contributed by atoms with Gasteiger partial charge in [-0.25, -0.2) is 0 Å². The molecule has 2 aliphatic heterocycles. The lowest BCUT2D eigenvalue weighted by atomic mass is 9.83. The molecule has 136 valence electrons. The summed E-state index contributed by atoms with van der Waals surface area (Å²) in [6, 6.07) is 8.80. The summed E-state index contributed by atoms with van der Waals surface area (Å²) in [6.45, 7) is 2.25. The highest BCUT2D eigenvalue weighted by molar-refractivity contribution is 5.78. The Balaban J connectivity index is 1.23. The third-order valence-corrected chi connectivity index (χ3v) is 6.20. The first kappa shape index (κ1) is 16.9. The minimum absolute atomic E-state index is 0.0778. The van der Waals surface area contributed by atoms with E-state index in [2.05, 4.69) is 16.3 Å². The molecule has 0 bridgehead atoms. The lowest BCUT2D eigenvalue weighted by molar-refractivity contribution is -0.123. The number of benzene rings is 1. The van der Waals surface area contributed by atoms with E-state index < -0.39 is 0 Å². The maximum atomic E-state index is 12.4. The molecule has 4 rings (SSSR count). The first-order valence-corrected chi connectivity index (χ1v) is 10.0. The molecule has 0 radical (unpaired) electrons. The Kier molecular flexibility index (Phi) is 5.25. The number of likely N-dealkylation sites (tertiary alicyclic amines) is 1. The first-order chi connectivity index (χ1) is 12.3. The highest BCUT2D eigenvalue weighted by atomic mass is 16.5. The van der Waals surface area contributed by atoms with Crippen LogP contribution in [-0.4, -0.2) is 42.6 Å². The summed E-state index contributed by atoms with van der Waals surface area (Å²) in [5.41, 5.74) is 1.25. The number of rotatable bonds is 5. The molecule has 3 aliphatic rings. The van der Waals surface area contributed by atoms with Crippen molar-refractivity contribution in [3.63, 3.8) is 0 Å². The number of carbonyl (C=O) groups is 1. The number of hydrogen-bond acceptors (Lipinski definition) is 3. The molecular formula is C21H30N2O2. The Hall–Kier alpha value is -1.55. The minimum atomic E-state index is 0.0778. The molecule has 1 aliphatic carbocycles. The number of ether oxygens (including phenoxy) is 1. The van der Waals surface area contributed by atoms with Crippen LogP contribution in [-0.2, 0) is 11.2 Å². The van der Waals surface area contributed by atoms with E-state index in [0.29, 0.717) is 19.1 Å². The van der Waals surface area contributed by atoms with Crippen molar-refractivity contribution in [1.82, 2.24) is 10.2 Å². The van der Waals surface area contributed by atoms with Gasteiger partial charge in [0.15, 0.2) is 0 Å². The van der Waals surface area contributed by atoms with Crippen LogP contribution in [0.1, 0.15) is 50.5 Å². The standard InChI is InChI=1S/C21H30N2O2/c24-21(22-14-18-13-17-9-4-5-11-20(17)25-18)15-23-12-6-10-19(23)16-7-2-1-3-8-16/h4-5,9,11,16,18-19H,1-3,6-8,10,12-15H2,(H,22,24). The third kappa shape index (κ3) is 4.00. The van der Waals surface area contributed by atoms with E-state index in [-0.39, 0.29) is 12.0 Å². The van der Waals surface area contributed by atoms with Crippen LogP contribution in [0.4, 0.5) is 0 Å². The van der Waals surface area contributed by atoms with Crippen LogP contribution >= 0.6 is 0 Å². The van der Waals surface area contributed by atoms with Gasteiger partial charge in [-0.1, -0.05) is 37.5 Å². The molecule has 4 nitrogen and oxygen atoms in total. The van der Waals surface area contributed by atoms with Gasteiger partial charge < -0.3 is 10.1 Å². The summed E-state index contributed by atoms with van der Waals surface area (Å²) >= 11 is 0. The van der Waals surface area contributed by atoms with E-state index in [1.165, 1.54) is 50.5 Å². The topological polar surface area (TPSA) is 41.6 Å². The second kappa shape index (κ2) is 7.77. The van der Waals surface area contributed by atoms with Gasteiger partial charge in [-0.05, 0) is 49.8 Å². The maximum Gasteiger partial charge on any atom is 0.234 e. The molecule has 1 amide bonds. The summed E-state index contributed by atoms with van der Waals surface area (Å²) in [7, 11) is 0. The van der Waals surface area contributed by atoms with E-state index in [1.807, 2.05) is 18.2 Å². The smallest absolute Gasteiger partial charge is 0.234 e. The zero-order valence-electron chi connectivity index (χ0n) is 15.1. The molecule has 2 unspecified atom stereocenters. The van der Waals surface area contributed by atoms with Crippen molar-refractivity contribution < 1.29 is 9.53 Å². The largest absolute Gasteiger partial charge is 0.488 e. The monoisotopic (exact) mass is 342 g/mol. The van der Waals surface area contributed by atoms with Gasteiger partial charge in [0.2, 0.25) is 5.91 Å². The fourth-order valence-electron chi connectivity index (χ4n) is 4.94. The van der Waals surface area contributed by atoms with Crippen LogP contribution in [0.3, 0.4) is 0 Å². The lowest BCUT2D eigenvalue weighted by Crippen LogP contribution is -2.45. The predicted octanol–water partition coefficient (Wildman–Crippen LogP) is 3.15. The lowest BCUT2D eigenvalue weighted by Gasteiger charge is -2.33. The summed E-state index contributed by atoms with van der Waals surface area (Å²) in [4.78, 5) is 14.9. The SMILES string of the molecule is O=C(CN1CCCC1C1CCCCC1)NCC1Cc2ccccc2O1. The minimum Gasteiger partial charge on any atom is -0.488 e.